The molecule has 2 heterocycles. The topological polar surface area (TPSA) is 100 Å². The summed E-state index contributed by atoms with van der Waals surface area (Å²) in [6.45, 7) is 1.80. The van der Waals surface area contributed by atoms with E-state index in [-0.39, 0.29) is 11.3 Å². The second kappa shape index (κ2) is 8.19. The summed E-state index contributed by atoms with van der Waals surface area (Å²) in [5.41, 5.74) is 6.24. The number of hydrogen-bond donors (Lipinski definition) is 3. The van der Waals surface area contributed by atoms with Crippen LogP contribution >= 0.6 is 27.3 Å². The van der Waals surface area contributed by atoms with Gasteiger partial charge >= 0.3 is 0 Å². The molecule has 0 spiro atoms. The van der Waals surface area contributed by atoms with Crippen molar-refractivity contribution in [3.63, 3.8) is 0 Å². The van der Waals surface area contributed by atoms with Gasteiger partial charge in [-0.2, -0.15) is 0 Å². The molecule has 138 valence electrons. The Labute approximate surface area is 166 Å². The number of benzene rings is 1. The Bertz CT molecular complexity index is 998. The highest BCUT2D eigenvalue weighted by Gasteiger charge is 2.14. The summed E-state index contributed by atoms with van der Waals surface area (Å²) in [5, 5.41) is 2.70. The summed E-state index contributed by atoms with van der Waals surface area (Å²) in [6, 6.07) is 11.4. The minimum Gasteiger partial charge on any atom is -0.459 e. The van der Waals surface area contributed by atoms with Gasteiger partial charge in [-0.05, 0) is 64.8 Å². The third-order valence-corrected chi connectivity index (χ3v) is 5.20. The summed E-state index contributed by atoms with van der Waals surface area (Å²) in [7, 11) is 0. The molecular weight excluding hydrogens is 434 g/mol. The largest absolute Gasteiger partial charge is 0.459 e. The Morgan fingerprint density at radius 1 is 1.00 bits per heavy atom. The fourth-order valence-electron chi connectivity index (χ4n) is 2.17. The number of aryl methyl sites for hydroxylation is 1. The van der Waals surface area contributed by atoms with Crippen LogP contribution < -0.4 is 16.2 Å². The molecule has 3 aromatic rings. The molecule has 0 aliphatic carbocycles. The first kappa shape index (κ1) is 18.9. The normalized spacial score (nSPS) is 10.3. The summed E-state index contributed by atoms with van der Waals surface area (Å²) in [6.07, 6.45) is 1.40. The molecule has 0 saturated carbocycles. The molecule has 9 heteroatoms. The van der Waals surface area contributed by atoms with E-state index in [0.717, 1.165) is 9.35 Å². The summed E-state index contributed by atoms with van der Waals surface area (Å²) in [4.78, 5) is 36.9. The van der Waals surface area contributed by atoms with E-state index in [0.29, 0.717) is 10.6 Å². The van der Waals surface area contributed by atoms with E-state index in [1.165, 1.54) is 23.7 Å². The third-order valence-electron chi connectivity index (χ3n) is 3.58. The fraction of sp³-hybridized carbons (Fsp3) is 0.0556. The molecule has 27 heavy (non-hydrogen) atoms. The zero-order valence-electron chi connectivity index (χ0n) is 14.0. The molecule has 0 unspecified atom stereocenters. The fourth-order valence-corrected chi connectivity index (χ4v) is 3.45. The molecule has 0 aliphatic heterocycles. The number of nitrogens with one attached hydrogen (secondary N) is 3. The molecule has 7 nitrogen and oxygen atoms in total. The Hall–Kier alpha value is -2.91. The SMILES string of the molecule is Cc1ccc(C(=O)NNC(=O)c2ccc(Br)s2)cc1NC(=O)c1ccco1. The van der Waals surface area contributed by atoms with E-state index in [2.05, 4.69) is 32.1 Å². The third kappa shape index (κ3) is 4.63. The lowest BCUT2D eigenvalue weighted by molar-refractivity contribution is 0.0849. The molecule has 0 saturated heterocycles. The van der Waals surface area contributed by atoms with Crippen molar-refractivity contribution in [3.8, 4) is 0 Å². The Balaban J connectivity index is 1.66. The van der Waals surface area contributed by atoms with Gasteiger partial charge in [0.15, 0.2) is 5.76 Å². The number of rotatable bonds is 4. The molecule has 0 fully saturated rings. The molecule has 3 N–H and O–H groups in total. The van der Waals surface area contributed by atoms with Crippen molar-refractivity contribution in [1.29, 1.82) is 0 Å². The zero-order valence-corrected chi connectivity index (χ0v) is 16.4. The number of halogens is 1. The second-order valence-corrected chi connectivity index (χ2v) is 7.94. The van der Waals surface area contributed by atoms with Crippen molar-refractivity contribution in [2.24, 2.45) is 0 Å². The van der Waals surface area contributed by atoms with Gasteiger partial charge in [0.25, 0.3) is 17.7 Å². The van der Waals surface area contributed by atoms with Gasteiger partial charge in [-0.1, -0.05) is 6.07 Å². The van der Waals surface area contributed by atoms with E-state index in [1.807, 2.05) is 0 Å². The first-order valence-corrected chi connectivity index (χ1v) is 9.36. The summed E-state index contributed by atoms with van der Waals surface area (Å²) < 4.78 is 5.87. The van der Waals surface area contributed by atoms with Crippen LogP contribution in [-0.2, 0) is 0 Å². The Morgan fingerprint density at radius 3 is 2.44 bits per heavy atom. The number of carbonyl (C=O) groups excluding carboxylic acids is 3. The monoisotopic (exact) mass is 447 g/mol. The molecule has 0 aliphatic rings. The van der Waals surface area contributed by atoms with Crippen molar-refractivity contribution in [3.05, 3.63) is 74.3 Å². The highest BCUT2D eigenvalue weighted by Crippen LogP contribution is 2.22. The molecule has 0 atom stereocenters. The van der Waals surface area contributed by atoms with Crippen LogP contribution in [0.4, 0.5) is 5.69 Å². The molecule has 1 aromatic carbocycles. The average molecular weight is 448 g/mol. The van der Waals surface area contributed by atoms with Crippen LogP contribution in [-0.4, -0.2) is 17.7 Å². The lowest BCUT2D eigenvalue weighted by Gasteiger charge is -2.11. The van der Waals surface area contributed by atoms with E-state index in [1.54, 1.807) is 43.3 Å². The maximum Gasteiger partial charge on any atom is 0.291 e. The maximum atomic E-state index is 12.3. The van der Waals surface area contributed by atoms with Crippen molar-refractivity contribution < 1.29 is 18.8 Å². The van der Waals surface area contributed by atoms with Crippen LogP contribution in [0.5, 0.6) is 0 Å². The lowest BCUT2D eigenvalue weighted by atomic mass is 10.1. The van der Waals surface area contributed by atoms with Gasteiger partial charge in [0.05, 0.1) is 14.9 Å². The van der Waals surface area contributed by atoms with Crippen LogP contribution in [0.1, 0.15) is 36.1 Å². The van der Waals surface area contributed by atoms with Crippen LogP contribution in [0.2, 0.25) is 0 Å². The first-order chi connectivity index (χ1) is 12.9. The van der Waals surface area contributed by atoms with E-state index in [4.69, 9.17) is 4.42 Å². The van der Waals surface area contributed by atoms with Gasteiger partial charge in [-0.25, -0.2) is 0 Å². The molecule has 2 aromatic heterocycles. The average Bonchev–Trinajstić information content (AvgIpc) is 3.33. The standard InChI is InChI=1S/C18H14BrN3O4S/c1-10-4-5-11(9-12(10)20-17(24)13-3-2-8-26-13)16(23)21-22-18(25)14-6-7-15(19)27-14/h2-9H,1H3,(H,20,24)(H,21,23)(H,22,25). The summed E-state index contributed by atoms with van der Waals surface area (Å²) in [5.74, 6) is -1.18. The molecular formula is C18H14BrN3O4S. The van der Waals surface area contributed by atoms with Gasteiger partial charge in [0.2, 0.25) is 0 Å². The molecule has 3 amide bonds. The minimum absolute atomic E-state index is 0.165. The van der Waals surface area contributed by atoms with E-state index in [9.17, 15) is 14.4 Å². The number of anilines is 1. The number of furan rings is 1. The van der Waals surface area contributed by atoms with E-state index < -0.39 is 17.7 Å². The highest BCUT2D eigenvalue weighted by atomic mass is 79.9. The van der Waals surface area contributed by atoms with Crippen LogP contribution in [0.25, 0.3) is 0 Å². The number of amides is 3. The van der Waals surface area contributed by atoms with Crippen molar-refractivity contribution in [2.45, 2.75) is 6.92 Å². The van der Waals surface area contributed by atoms with Gasteiger partial charge in [-0.15, -0.1) is 11.3 Å². The highest BCUT2D eigenvalue weighted by molar-refractivity contribution is 9.11. The minimum atomic E-state index is -0.507. The number of thiophene rings is 1. The van der Waals surface area contributed by atoms with Gasteiger partial charge < -0.3 is 9.73 Å². The maximum absolute atomic E-state index is 12.3. The first-order valence-electron chi connectivity index (χ1n) is 7.75. The zero-order chi connectivity index (χ0) is 19.4. The number of hydrazine groups is 1. The molecule has 0 bridgehead atoms. The van der Waals surface area contributed by atoms with Crippen molar-refractivity contribution in [1.82, 2.24) is 10.9 Å². The number of carbonyl (C=O) groups is 3. The Morgan fingerprint density at radius 2 is 1.78 bits per heavy atom. The van der Waals surface area contributed by atoms with Crippen LogP contribution in [0, 0.1) is 6.92 Å². The second-order valence-electron chi connectivity index (χ2n) is 5.47. The van der Waals surface area contributed by atoms with Crippen molar-refractivity contribution >= 4 is 50.7 Å². The lowest BCUT2D eigenvalue weighted by Crippen LogP contribution is -2.41. The number of hydrogen-bond acceptors (Lipinski definition) is 5. The molecule has 0 radical (unpaired) electrons. The summed E-state index contributed by atoms with van der Waals surface area (Å²) >= 11 is 4.53. The van der Waals surface area contributed by atoms with Gasteiger partial charge in [-0.3, -0.25) is 25.2 Å². The Kier molecular flexibility index (Phi) is 5.72. The predicted octanol–water partition coefficient (Wildman–Crippen LogP) is 3.74. The van der Waals surface area contributed by atoms with Crippen molar-refractivity contribution in [2.75, 3.05) is 5.32 Å². The molecule has 3 rings (SSSR count). The van der Waals surface area contributed by atoms with Crippen LogP contribution in [0.3, 0.4) is 0 Å². The quantitative estimate of drug-likeness (QED) is 0.530. The predicted molar refractivity (Wildman–Crippen MR) is 105 cm³/mol. The van der Waals surface area contributed by atoms with Crippen LogP contribution in [0.15, 0.2) is 56.9 Å². The smallest absolute Gasteiger partial charge is 0.291 e. The van der Waals surface area contributed by atoms with Gasteiger partial charge in [0, 0.05) is 11.3 Å². The van der Waals surface area contributed by atoms with E-state index >= 15 is 0 Å². The van der Waals surface area contributed by atoms with Gasteiger partial charge in [0.1, 0.15) is 0 Å².